The van der Waals surface area contributed by atoms with Crippen LogP contribution in [0.3, 0.4) is 0 Å². The van der Waals surface area contributed by atoms with Crippen molar-refractivity contribution in [2.75, 3.05) is 17.6 Å². The third-order valence-electron chi connectivity index (χ3n) is 3.63. The predicted octanol–water partition coefficient (Wildman–Crippen LogP) is 0.873. The number of hydrogen-bond acceptors (Lipinski definition) is 8. The number of tetrazole rings is 1. The fourth-order valence-corrected chi connectivity index (χ4v) is 4.19. The van der Waals surface area contributed by atoms with Gasteiger partial charge in [0.1, 0.15) is 0 Å². The van der Waals surface area contributed by atoms with Crippen LogP contribution in [0.5, 0.6) is 0 Å². The van der Waals surface area contributed by atoms with Crippen LogP contribution in [0.25, 0.3) is 0 Å². The van der Waals surface area contributed by atoms with Crippen LogP contribution in [-0.4, -0.2) is 60.4 Å². The van der Waals surface area contributed by atoms with E-state index in [0.29, 0.717) is 29.8 Å². The summed E-state index contributed by atoms with van der Waals surface area (Å²) < 4.78 is 1.54. The van der Waals surface area contributed by atoms with Gasteiger partial charge in [0, 0.05) is 30.9 Å². The molecule has 1 aliphatic rings. The number of aryl methyl sites for hydroxylation is 1. The molecule has 1 aliphatic heterocycles. The summed E-state index contributed by atoms with van der Waals surface area (Å²) in [6.07, 6.45) is 0.682. The number of nitrogens with one attached hydrogen (secondary N) is 2. The Morgan fingerprint density at radius 3 is 2.88 bits per heavy atom. The Morgan fingerprint density at radius 2 is 2.19 bits per heavy atom. The zero-order valence-electron chi connectivity index (χ0n) is 14.7. The highest BCUT2D eigenvalue weighted by Crippen LogP contribution is 2.28. The normalized spacial score (nSPS) is 13.6. The standard InChI is InChI=1S/C14H20N8O2S2/c1-8(2)15-12(24)17-13-16-9-4-5-22(6-10(9)26-13)11(23)7-25-14-18-19-20-21(14)3/h8H,4-7H2,1-3H3,(H2,15,16,17,24). The lowest BCUT2D eigenvalue weighted by atomic mass is 10.2. The largest absolute Gasteiger partial charge is 0.336 e. The van der Waals surface area contributed by atoms with E-state index >= 15 is 0 Å². The van der Waals surface area contributed by atoms with Crippen molar-refractivity contribution in [3.8, 4) is 0 Å². The van der Waals surface area contributed by atoms with Crippen LogP contribution in [0.1, 0.15) is 24.4 Å². The van der Waals surface area contributed by atoms with Gasteiger partial charge in [-0.05, 0) is 24.3 Å². The van der Waals surface area contributed by atoms with E-state index in [1.54, 1.807) is 11.9 Å². The molecular formula is C14H20N8O2S2. The Morgan fingerprint density at radius 1 is 1.38 bits per heavy atom. The summed E-state index contributed by atoms with van der Waals surface area (Å²) in [6.45, 7) is 4.91. The van der Waals surface area contributed by atoms with Crippen LogP contribution >= 0.6 is 23.1 Å². The van der Waals surface area contributed by atoms with Crippen LogP contribution in [0.4, 0.5) is 9.93 Å². The minimum atomic E-state index is -0.271. The molecule has 2 N–H and O–H groups in total. The molecule has 0 aromatic carbocycles. The molecule has 2 aromatic rings. The van der Waals surface area contributed by atoms with Crippen molar-refractivity contribution in [3.63, 3.8) is 0 Å². The van der Waals surface area contributed by atoms with Gasteiger partial charge in [-0.15, -0.1) is 5.10 Å². The molecule has 3 amide bonds. The Kier molecular flexibility index (Phi) is 5.71. The van der Waals surface area contributed by atoms with Crippen molar-refractivity contribution in [1.82, 2.24) is 35.4 Å². The number of rotatable bonds is 5. The first-order valence-corrected chi connectivity index (χ1v) is 9.91. The number of hydrogen-bond donors (Lipinski definition) is 2. The van der Waals surface area contributed by atoms with Gasteiger partial charge in [-0.1, -0.05) is 23.1 Å². The number of fused-ring (bicyclic) bond motifs is 1. The summed E-state index contributed by atoms with van der Waals surface area (Å²) in [6, 6.07) is -0.216. The van der Waals surface area contributed by atoms with Gasteiger partial charge in [-0.3, -0.25) is 10.1 Å². The number of aromatic nitrogens is 5. The molecule has 0 saturated carbocycles. The Bertz CT molecular complexity index is 803. The van der Waals surface area contributed by atoms with Gasteiger partial charge < -0.3 is 10.2 Å². The number of carbonyl (C=O) groups excluding carboxylic acids is 2. The number of thiazole rings is 1. The SMILES string of the molecule is CC(C)NC(=O)Nc1nc2c(s1)CN(C(=O)CSc1nnnn1C)CC2. The van der Waals surface area contributed by atoms with Crippen molar-refractivity contribution in [1.29, 1.82) is 0 Å². The van der Waals surface area contributed by atoms with Crippen molar-refractivity contribution < 1.29 is 9.59 Å². The minimum Gasteiger partial charge on any atom is -0.336 e. The van der Waals surface area contributed by atoms with Crippen molar-refractivity contribution in [2.24, 2.45) is 7.05 Å². The van der Waals surface area contributed by atoms with Gasteiger partial charge in [0.05, 0.1) is 18.0 Å². The second-order valence-electron chi connectivity index (χ2n) is 6.08. The maximum Gasteiger partial charge on any atom is 0.321 e. The molecule has 0 fully saturated rings. The minimum absolute atomic E-state index is 0.0316. The maximum atomic E-state index is 12.5. The van der Waals surface area contributed by atoms with E-state index in [4.69, 9.17) is 0 Å². The fraction of sp³-hybridized carbons (Fsp3) is 0.571. The fourth-order valence-electron chi connectivity index (χ4n) is 2.42. The summed E-state index contributed by atoms with van der Waals surface area (Å²) in [5.41, 5.74) is 0.948. The van der Waals surface area contributed by atoms with Gasteiger partial charge in [0.15, 0.2) is 5.13 Å². The second-order valence-corrected chi connectivity index (χ2v) is 8.11. The maximum absolute atomic E-state index is 12.5. The van der Waals surface area contributed by atoms with E-state index in [2.05, 4.69) is 31.1 Å². The van der Waals surface area contributed by atoms with Crippen LogP contribution in [0, 0.1) is 0 Å². The summed E-state index contributed by atoms with van der Waals surface area (Å²) in [5, 5.41) is 17.8. The molecule has 0 aliphatic carbocycles. The van der Waals surface area contributed by atoms with E-state index in [1.165, 1.54) is 27.8 Å². The first-order chi connectivity index (χ1) is 12.4. The monoisotopic (exact) mass is 396 g/mol. The molecule has 0 bridgehead atoms. The number of thioether (sulfide) groups is 1. The zero-order valence-corrected chi connectivity index (χ0v) is 16.4. The lowest BCUT2D eigenvalue weighted by Gasteiger charge is -2.25. The lowest BCUT2D eigenvalue weighted by Crippen LogP contribution is -2.36. The average molecular weight is 397 g/mol. The van der Waals surface area contributed by atoms with E-state index in [0.717, 1.165) is 10.6 Å². The van der Waals surface area contributed by atoms with E-state index in [1.807, 2.05) is 13.8 Å². The molecule has 0 atom stereocenters. The predicted molar refractivity (Wildman–Crippen MR) is 98.0 cm³/mol. The molecule has 26 heavy (non-hydrogen) atoms. The molecule has 140 valence electrons. The number of nitrogens with zero attached hydrogens (tertiary/aromatic N) is 6. The van der Waals surface area contributed by atoms with E-state index in [9.17, 15) is 9.59 Å². The highest BCUT2D eigenvalue weighted by atomic mass is 32.2. The Labute approximate surface area is 158 Å². The highest BCUT2D eigenvalue weighted by Gasteiger charge is 2.25. The third kappa shape index (κ3) is 4.49. The summed E-state index contributed by atoms with van der Waals surface area (Å²) >= 11 is 2.72. The van der Waals surface area contributed by atoms with Gasteiger partial charge >= 0.3 is 6.03 Å². The molecule has 0 spiro atoms. The quantitative estimate of drug-likeness (QED) is 0.720. The van der Waals surface area contributed by atoms with Gasteiger partial charge in [0.25, 0.3) is 0 Å². The van der Waals surface area contributed by atoms with Gasteiger partial charge in [-0.2, -0.15) is 0 Å². The second kappa shape index (κ2) is 7.99. The number of amides is 3. The highest BCUT2D eigenvalue weighted by molar-refractivity contribution is 7.99. The number of anilines is 1. The molecule has 10 nitrogen and oxygen atoms in total. The number of urea groups is 1. The average Bonchev–Trinajstić information content (AvgIpc) is 3.16. The Balaban J connectivity index is 1.56. The molecule has 0 radical (unpaired) electrons. The molecule has 0 saturated heterocycles. The van der Waals surface area contributed by atoms with Crippen LogP contribution in [0.15, 0.2) is 5.16 Å². The third-order valence-corrected chi connectivity index (χ3v) is 5.62. The molecule has 3 heterocycles. The smallest absolute Gasteiger partial charge is 0.321 e. The number of carbonyl (C=O) groups is 2. The molecule has 0 unspecified atom stereocenters. The van der Waals surface area contributed by atoms with Crippen LogP contribution in [0.2, 0.25) is 0 Å². The molecule has 3 rings (SSSR count). The van der Waals surface area contributed by atoms with Crippen molar-refractivity contribution in [3.05, 3.63) is 10.6 Å². The molecule has 12 heteroatoms. The van der Waals surface area contributed by atoms with Gasteiger partial charge in [-0.25, -0.2) is 14.5 Å². The van der Waals surface area contributed by atoms with Crippen LogP contribution in [-0.2, 0) is 24.8 Å². The van der Waals surface area contributed by atoms with Crippen LogP contribution < -0.4 is 10.6 Å². The van der Waals surface area contributed by atoms with E-state index in [-0.39, 0.29) is 23.7 Å². The molecule has 2 aromatic heterocycles. The van der Waals surface area contributed by atoms with Gasteiger partial charge in [0.2, 0.25) is 11.1 Å². The summed E-state index contributed by atoms with van der Waals surface area (Å²) in [7, 11) is 1.74. The topological polar surface area (TPSA) is 118 Å². The Hall–Kier alpha value is -2.21. The zero-order chi connectivity index (χ0) is 18.7. The summed E-state index contributed by atoms with van der Waals surface area (Å²) in [5.74, 6) is 0.314. The lowest BCUT2D eigenvalue weighted by molar-refractivity contribution is -0.129. The van der Waals surface area contributed by atoms with Crippen molar-refractivity contribution >= 4 is 40.2 Å². The first-order valence-electron chi connectivity index (χ1n) is 8.11. The van der Waals surface area contributed by atoms with E-state index < -0.39 is 0 Å². The summed E-state index contributed by atoms with van der Waals surface area (Å²) in [4.78, 5) is 31.5. The van der Waals surface area contributed by atoms with Crippen molar-refractivity contribution in [2.45, 2.75) is 38.0 Å². The first kappa shape index (κ1) is 18.6. The molecular weight excluding hydrogens is 376 g/mol.